The largest absolute Gasteiger partial charge is 0.497 e. The number of halogens is 2. The van der Waals surface area contributed by atoms with Crippen molar-refractivity contribution in [2.45, 2.75) is 28.8 Å². The molecular formula is C65H58BrIN8O4. The number of benzene rings is 6. The van der Waals surface area contributed by atoms with Crippen molar-refractivity contribution in [3.05, 3.63) is 252 Å². The van der Waals surface area contributed by atoms with Crippen molar-refractivity contribution in [3.8, 4) is 28.4 Å². The number of ether oxygens (including phenoxy) is 1. The lowest BCUT2D eigenvalue weighted by Gasteiger charge is -2.04. The summed E-state index contributed by atoms with van der Waals surface area (Å²) in [5, 5.41) is 14.6. The Morgan fingerprint density at radius 1 is 0.506 bits per heavy atom. The molecular weight excluding hydrogens is 1160 g/mol. The first-order chi connectivity index (χ1) is 37.3. The van der Waals surface area contributed by atoms with Gasteiger partial charge < -0.3 is 18.9 Å². The Hall–Kier alpha value is -8.99. The summed E-state index contributed by atoms with van der Waals surface area (Å²) in [7, 11) is 1.66. The number of nitrogens with zero attached hydrogens (tertiary/aromatic N) is 7. The minimum absolute atomic E-state index is 0. The highest BCUT2D eigenvalue weighted by molar-refractivity contribution is 14.1. The van der Waals surface area contributed by atoms with Crippen LogP contribution in [0.1, 0.15) is 43.8 Å². The van der Waals surface area contributed by atoms with Crippen molar-refractivity contribution >= 4 is 111 Å². The van der Waals surface area contributed by atoms with E-state index in [9.17, 15) is 4.79 Å². The SMILES string of the molecule is Brc1ccc2cnccc2c1.C.C.C.C=Cc1ccc2cnccc2c1.COc1ccc(CNc2ncc(-c3ccc4cnccc4c3)o2)cc1.Ic1ncc(-c2ccc3cnccc3c2)o1.O=Cc1ccc2cnccc2c1. The molecule has 0 aliphatic rings. The summed E-state index contributed by atoms with van der Waals surface area (Å²) in [5.74, 6) is 2.37. The number of fused-ring (bicyclic) bond motifs is 5. The summed E-state index contributed by atoms with van der Waals surface area (Å²) < 4.78 is 18.2. The topological polar surface area (TPSA) is 155 Å². The second-order valence-electron chi connectivity index (χ2n) is 16.7. The lowest BCUT2D eigenvalue weighted by molar-refractivity contribution is 0.112. The maximum atomic E-state index is 10.4. The number of aromatic nitrogens is 7. The molecule has 79 heavy (non-hydrogen) atoms. The number of nitrogens with one attached hydrogen (secondary N) is 1. The van der Waals surface area contributed by atoms with E-state index in [0.29, 0.717) is 22.0 Å². The average Bonchev–Trinajstić information content (AvgIpc) is 4.17. The molecule has 0 fully saturated rings. The molecule has 1 N–H and O–H groups in total. The zero-order chi connectivity index (χ0) is 52.5. The van der Waals surface area contributed by atoms with Crippen molar-refractivity contribution in [2.75, 3.05) is 12.4 Å². The molecule has 7 heterocycles. The molecule has 0 unspecified atom stereocenters. The highest BCUT2D eigenvalue weighted by atomic mass is 127. The number of carbonyl (C=O) groups excluding carboxylic acids is 1. The van der Waals surface area contributed by atoms with Gasteiger partial charge in [-0.05, 0) is 117 Å². The van der Waals surface area contributed by atoms with Gasteiger partial charge >= 0.3 is 0 Å². The molecule has 0 spiro atoms. The van der Waals surface area contributed by atoms with Gasteiger partial charge in [-0.15, -0.1) is 0 Å². The summed E-state index contributed by atoms with van der Waals surface area (Å²) in [5.41, 5.74) is 5.00. The third-order valence-corrected chi connectivity index (χ3v) is 12.7. The van der Waals surface area contributed by atoms with Gasteiger partial charge in [0.25, 0.3) is 9.91 Å². The normalized spacial score (nSPS) is 10.1. The molecule has 0 aliphatic carbocycles. The van der Waals surface area contributed by atoms with Crippen LogP contribution in [-0.2, 0) is 6.54 Å². The minimum Gasteiger partial charge on any atom is -0.497 e. The van der Waals surface area contributed by atoms with Crippen molar-refractivity contribution in [3.63, 3.8) is 0 Å². The van der Waals surface area contributed by atoms with Crippen molar-refractivity contribution in [2.24, 2.45) is 0 Å². The predicted octanol–water partition coefficient (Wildman–Crippen LogP) is 17.8. The van der Waals surface area contributed by atoms with Crippen LogP contribution < -0.4 is 10.1 Å². The summed E-state index contributed by atoms with van der Waals surface area (Å²) >= 11 is 5.47. The Bertz CT molecular complexity index is 3970. The van der Waals surface area contributed by atoms with Crippen LogP contribution in [0, 0.1) is 3.90 Å². The molecule has 0 aliphatic heterocycles. The Kier molecular flexibility index (Phi) is 22.1. The maximum Gasteiger partial charge on any atom is 0.295 e. The number of pyridine rings is 5. The molecule has 13 rings (SSSR count). The van der Waals surface area contributed by atoms with Crippen molar-refractivity contribution in [1.29, 1.82) is 0 Å². The van der Waals surface area contributed by atoms with Gasteiger partial charge in [0.15, 0.2) is 11.5 Å². The molecule has 396 valence electrons. The summed E-state index contributed by atoms with van der Waals surface area (Å²) in [6.45, 7) is 4.35. The van der Waals surface area contributed by atoms with Gasteiger partial charge in [0.05, 0.1) is 19.5 Å². The molecule has 0 bridgehead atoms. The van der Waals surface area contributed by atoms with Crippen molar-refractivity contribution < 1.29 is 18.4 Å². The Morgan fingerprint density at radius 2 is 0.937 bits per heavy atom. The van der Waals surface area contributed by atoms with E-state index in [1.807, 2.05) is 140 Å². The first-order valence-corrected chi connectivity index (χ1v) is 25.5. The standard InChI is InChI=1S/C20H17N3O2.C12H7IN2O.C11H9N.C10H7NO.C9H6BrN.3CH4/c1-24-18-6-2-14(3-7-18)11-22-20-23-13-19(25-20)16-4-5-17-12-21-9-8-15(17)10-16;13-12-15-7-11(16-12)9-1-2-10-6-14-4-3-8(10)5-9;1-2-9-3-4-11-8-12-6-5-10(11)7-9;12-7-8-1-2-10-6-11-4-3-9(10)5-8;10-9-2-1-8-6-11-4-3-7(8)5-9;;;/h2-10,12-13H,11H2,1H3,(H,22,23);1-7H;2-8H,1H2;1-7H;1-6H;3*1H4. The molecule has 0 saturated heterocycles. The molecule has 0 amide bonds. The molecule has 14 heteroatoms. The third-order valence-electron chi connectivity index (χ3n) is 11.7. The zero-order valence-electron chi connectivity index (χ0n) is 40.9. The molecule has 0 radical (unpaired) electrons. The maximum absolute atomic E-state index is 10.4. The summed E-state index contributed by atoms with van der Waals surface area (Å²) in [4.78, 5) is 39.1. The molecule has 7 aromatic heterocycles. The Labute approximate surface area is 482 Å². The zero-order valence-corrected chi connectivity index (χ0v) is 44.6. The van der Waals surface area contributed by atoms with Crippen LogP contribution in [0.25, 0.3) is 82.6 Å². The monoisotopic (exact) mass is 1220 g/mol. The van der Waals surface area contributed by atoms with Gasteiger partial charge in [-0.3, -0.25) is 29.7 Å². The van der Waals surface area contributed by atoms with Crippen LogP contribution in [0.3, 0.4) is 0 Å². The number of hydrogen-bond acceptors (Lipinski definition) is 12. The minimum atomic E-state index is 0. The van der Waals surface area contributed by atoms with Crippen LogP contribution in [0.2, 0.25) is 0 Å². The highest BCUT2D eigenvalue weighted by Gasteiger charge is 2.08. The van der Waals surface area contributed by atoms with E-state index >= 15 is 0 Å². The van der Waals surface area contributed by atoms with E-state index in [0.717, 1.165) is 82.6 Å². The molecule has 6 aromatic carbocycles. The van der Waals surface area contributed by atoms with Crippen LogP contribution in [0.15, 0.2) is 240 Å². The summed E-state index contributed by atoms with van der Waals surface area (Å²) in [6, 6.07) is 48.4. The third kappa shape index (κ3) is 16.3. The lowest BCUT2D eigenvalue weighted by atomic mass is 10.1. The first kappa shape index (κ1) is 59.3. The molecule has 13 aromatic rings. The van der Waals surface area contributed by atoms with Gasteiger partial charge in [0.2, 0.25) is 0 Å². The molecule has 12 nitrogen and oxygen atoms in total. The van der Waals surface area contributed by atoms with Crippen LogP contribution in [0.4, 0.5) is 6.01 Å². The summed E-state index contributed by atoms with van der Waals surface area (Å²) in [6.07, 6.45) is 24.3. The van der Waals surface area contributed by atoms with Gasteiger partial charge in [-0.1, -0.05) is 118 Å². The number of rotatable bonds is 8. The lowest BCUT2D eigenvalue weighted by Crippen LogP contribution is -1.99. The Balaban J connectivity index is 0.000000164. The fourth-order valence-electron chi connectivity index (χ4n) is 7.73. The second-order valence-corrected chi connectivity index (χ2v) is 18.6. The molecule has 0 saturated carbocycles. The molecule has 0 atom stereocenters. The average molecular weight is 1220 g/mol. The van der Waals surface area contributed by atoms with Gasteiger partial charge in [-0.25, -0.2) is 9.97 Å². The number of hydrogen-bond donors (Lipinski definition) is 1. The van der Waals surface area contributed by atoms with Gasteiger partial charge in [0.1, 0.15) is 12.0 Å². The van der Waals surface area contributed by atoms with E-state index in [4.69, 9.17) is 13.6 Å². The number of carbonyl (C=O) groups is 1. The quantitative estimate of drug-likeness (QED) is 0.114. The Morgan fingerprint density at radius 3 is 1.41 bits per heavy atom. The van der Waals surface area contributed by atoms with Crippen LogP contribution in [0.5, 0.6) is 5.75 Å². The van der Waals surface area contributed by atoms with Gasteiger partial charge in [-0.2, -0.15) is 0 Å². The van der Waals surface area contributed by atoms with Gasteiger partial charge in [0, 0.05) is 139 Å². The predicted molar refractivity (Wildman–Crippen MR) is 336 cm³/mol. The number of methoxy groups -OCH3 is 1. The van der Waals surface area contributed by atoms with E-state index in [1.54, 1.807) is 62.8 Å². The van der Waals surface area contributed by atoms with E-state index in [1.165, 1.54) is 21.5 Å². The number of aldehydes is 1. The van der Waals surface area contributed by atoms with Crippen LogP contribution in [-0.4, -0.2) is 48.3 Å². The van der Waals surface area contributed by atoms with Crippen molar-refractivity contribution in [1.82, 2.24) is 34.9 Å². The smallest absolute Gasteiger partial charge is 0.295 e. The van der Waals surface area contributed by atoms with E-state index in [-0.39, 0.29) is 22.3 Å². The fourth-order valence-corrected chi connectivity index (χ4v) is 8.48. The number of oxazole rings is 2. The second kappa shape index (κ2) is 29.5. The first-order valence-electron chi connectivity index (χ1n) is 23.7. The van der Waals surface area contributed by atoms with E-state index < -0.39 is 0 Å². The number of anilines is 1. The fraction of sp³-hybridized carbons (Fsp3) is 0.0769. The van der Waals surface area contributed by atoms with Crippen LogP contribution >= 0.6 is 38.5 Å². The van der Waals surface area contributed by atoms with E-state index in [2.05, 4.69) is 116 Å². The highest BCUT2D eigenvalue weighted by Crippen LogP contribution is 2.28.